The molecule has 0 amide bonds. The Morgan fingerprint density at radius 1 is 1.38 bits per heavy atom. The first kappa shape index (κ1) is 11.4. The number of hydrogen-bond acceptors (Lipinski definition) is 3. The van der Waals surface area contributed by atoms with E-state index in [0.29, 0.717) is 0 Å². The number of para-hydroxylation sites is 1. The van der Waals surface area contributed by atoms with E-state index in [2.05, 4.69) is 12.1 Å². The van der Waals surface area contributed by atoms with Crippen LogP contribution in [-0.4, -0.2) is 26.9 Å². The second-order valence-electron chi connectivity index (χ2n) is 4.37. The molecule has 2 N–H and O–H groups in total. The molecule has 0 unspecified atom stereocenters. The van der Waals surface area contributed by atoms with Crippen molar-refractivity contribution in [2.75, 3.05) is 26.9 Å². The molecule has 1 saturated heterocycles. The summed E-state index contributed by atoms with van der Waals surface area (Å²) in [5.74, 6) is 0.961. The third kappa shape index (κ3) is 1.93. The van der Waals surface area contributed by atoms with Crippen molar-refractivity contribution < 1.29 is 9.47 Å². The van der Waals surface area contributed by atoms with Crippen molar-refractivity contribution in [1.82, 2.24) is 0 Å². The van der Waals surface area contributed by atoms with Gasteiger partial charge in [0.05, 0.1) is 20.3 Å². The molecule has 0 aliphatic carbocycles. The van der Waals surface area contributed by atoms with Crippen molar-refractivity contribution >= 4 is 0 Å². The molecule has 88 valence electrons. The summed E-state index contributed by atoms with van der Waals surface area (Å²) in [5, 5.41) is 0. The first-order valence-corrected chi connectivity index (χ1v) is 5.74. The van der Waals surface area contributed by atoms with E-state index >= 15 is 0 Å². The zero-order valence-electron chi connectivity index (χ0n) is 9.74. The summed E-state index contributed by atoms with van der Waals surface area (Å²) in [4.78, 5) is 0. The van der Waals surface area contributed by atoms with Crippen LogP contribution in [0.2, 0.25) is 0 Å². The van der Waals surface area contributed by atoms with Gasteiger partial charge < -0.3 is 15.2 Å². The van der Waals surface area contributed by atoms with Crippen LogP contribution in [0.3, 0.4) is 0 Å². The van der Waals surface area contributed by atoms with E-state index in [-0.39, 0.29) is 5.41 Å². The van der Waals surface area contributed by atoms with Crippen LogP contribution in [0.4, 0.5) is 0 Å². The van der Waals surface area contributed by atoms with Crippen LogP contribution in [0.15, 0.2) is 24.3 Å². The Balaban J connectivity index is 2.25. The van der Waals surface area contributed by atoms with E-state index in [1.54, 1.807) is 7.11 Å². The van der Waals surface area contributed by atoms with E-state index in [0.717, 1.165) is 38.3 Å². The van der Waals surface area contributed by atoms with Gasteiger partial charge in [0.2, 0.25) is 0 Å². The predicted octanol–water partition coefficient (Wildman–Crippen LogP) is 1.70. The summed E-state index contributed by atoms with van der Waals surface area (Å²) in [5.41, 5.74) is 6.98. The minimum absolute atomic E-state index is 0.131. The molecule has 0 bridgehead atoms. The molecule has 1 aromatic rings. The van der Waals surface area contributed by atoms with Crippen LogP contribution in [0.5, 0.6) is 5.75 Å². The normalized spacial score (nSPS) is 17.9. The van der Waals surface area contributed by atoms with Gasteiger partial charge in [0, 0.05) is 11.0 Å². The SMILES string of the molecule is COc1ccccc1C1(CCCN)COC1. The molecule has 1 fully saturated rings. The van der Waals surface area contributed by atoms with Crippen molar-refractivity contribution in [3.05, 3.63) is 29.8 Å². The van der Waals surface area contributed by atoms with Gasteiger partial charge >= 0.3 is 0 Å². The molecular formula is C13H19NO2. The second kappa shape index (κ2) is 4.85. The highest BCUT2D eigenvalue weighted by Gasteiger charge is 2.41. The Labute approximate surface area is 96.5 Å². The average molecular weight is 221 g/mol. The van der Waals surface area contributed by atoms with Gasteiger partial charge in [-0.3, -0.25) is 0 Å². The molecule has 2 rings (SSSR count). The van der Waals surface area contributed by atoms with Crippen LogP contribution >= 0.6 is 0 Å². The fourth-order valence-electron chi connectivity index (χ4n) is 2.31. The van der Waals surface area contributed by atoms with Crippen LogP contribution in [0.1, 0.15) is 18.4 Å². The van der Waals surface area contributed by atoms with Crippen molar-refractivity contribution in [1.29, 1.82) is 0 Å². The van der Waals surface area contributed by atoms with Gasteiger partial charge in [0.25, 0.3) is 0 Å². The van der Waals surface area contributed by atoms with Gasteiger partial charge in [-0.2, -0.15) is 0 Å². The Morgan fingerprint density at radius 2 is 2.12 bits per heavy atom. The average Bonchev–Trinajstić information content (AvgIpc) is 2.28. The molecule has 0 aromatic heterocycles. The lowest BCUT2D eigenvalue weighted by atomic mass is 9.74. The maximum absolute atomic E-state index is 5.59. The topological polar surface area (TPSA) is 44.5 Å². The summed E-state index contributed by atoms with van der Waals surface area (Å²) >= 11 is 0. The van der Waals surface area contributed by atoms with Gasteiger partial charge in [-0.05, 0) is 25.5 Å². The molecule has 1 aromatic carbocycles. The van der Waals surface area contributed by atoms with Gasteiger partial charge in [0.15, 0.2) is 0 Å². The standard InChI is InChI=1S/C13H19NO2/c1-15-12-6-3-2-5-11(12)13(7-4-8-14)9-16-10-13/h2-3,5-6H,4,7-10,14H2,1H3. The molecular weight excluding hydrogens is 202 g/mol. The maximum atomic E-state index is 5.59. The second-order valence-corrected chi connectivity index (χ2v) is 4.37. The van der Waals surface area contributed by atoms with Crippen LogP contribution in [-0.2, 0) is 10.2 Å². The molecule has 0 spiro atoms. The number of methoxy groups -OCH3 is 1. The van der Waals surface area contributed by atoms with Gasteiger partial charge in [0.1, 0.15) is 5.75 Å². The lowest BCUT2D eigenvalue weighted by Gasteiger charge is -2.42. The fourth-order valence-corrected chi connectivity index (χ4v) is 2.31. The minimum atomic E-state index is 0.131. The fraction of sp³-hybridized carbons (Fsp3) is 0.538. The Hall–Kier alpha value is -1.06. The summed E-state index contributed by atoms with van der Waals surface area (Å²) in [6.07, 6.45) is 2.10. The van der Waals surface area contributed by atoms with Gasteiger partial charge in [-0.1, -0.05) is 18.2 Å². The van der Waals surface area contributed by atoms with Gasteiger partial charge in [-0.25, -0.2) is 0 Å². The zero-order chi connectivity index (χ0) is 11.4. The number of hydrogen-bond donors (Lipinski definition) is 1. The summed E-state index contributed by atoms with van der Waals surface area (Å²) in [6, 6.07) is 8.20. The molecule has 3 heteroatoms. The largest absolute Gasteiger partial charge is 0.496 e. The van der Waals surface area contributed by atoms with Crippen LogP contribution in [0.25, 0.3) is 0 Å². The third-order valence-corrected chi connectivity index (χ3v) is 3.29. The summed E-state index contributed by atoms with van der Waals surface area (Å²) in [6.45, 7) is 2.30. The molecule has 1 heterocycles. The predicted molar refractivity (Wildman–Crippen MR) is 63.8 cm³/mol. The molecule has 16 heavy (non-hydrogen) atoms. The Morgan fingerprint density at radius 3 is 2.69 bits per heavy atom. The third-order valence-electron chi connectivity index (χ3n) is 3.29. The molecule has 1 aliphatic rings. The van der Waals surface area contributed by atoms with E-state index in [9.17, 15) is 0 Å². The maximum Gasteiger partial charge on any atom is 0.122 e. The summed E-state index contributed by atoms with van der Waals surface area (Å²) < 4.78 is 10.8. The zero-order valence-corrected chi connectivity index (χ0v) is 9.74. The van der Waals surface area contributed by atoms with Crippen LogP contribution in [0, 0.1) is 0 Å². The molecule has 1 aliphatic heterocycles. The summed E-state index contributed by atoms with van der Waals surface area (Å²) in [7, 11) is 1.72. The van der Waals surface area contributed by atoms with E-state index in [4.69, 9.17) is 15.2 Å². The van der Waals surface area contributed by atoms with E-state index < -0.39 is 0 Å². The molecule has 0 saturated carbocycles. The molecule has 0 radical (unpaired) electrons. The van der Waals surface area contributed by atoms with Crippen molar-refractivity contribution in [3.8, 4) is 5.75 Å². The van der Waals surface area contributed by atoms with E-state index in [1.165, 1.54) is 5.56 Å². The lowest BCUT2D eigenvalue weighted by molar-refractivity contribution is -0.0657. The van der Waals surface area contributed by atoms with Crippen molar-refractivity contribution in [2.45, 2.75) is 18.3 Å². The van der Waals surface area contributed by atoms with Crippen LogP contribution < -0.4 is 10.5 Å². The quantitative estimate of drug-likeness (QED) is 0.823. The first-order valence-electron chi connectivity index (χ1n) is 5.74. The Kier molecular flexibility index (Phi) is 3.46. The number of benzene rings is 1. The van der Waals surface area contributed by atoms with Gasteiger partial charge in [-0.15, -0.1) is 0 Å². The lowest BCUT2D eigenvalue weighted by Crippen LogP contribution is -2.47. The molecule has 0 atom stereocenters. The number of nitrogens with two attached hydrogens (primary N) is 1. The van der Waals surface area contributed by atoms with E-state index in [1.807, 2.05) is 12.1 Å². The first-order chi connectivity index (χ1) is 7.82. The highest BCUT2D eigenvalue weighted by atomic mass is 16.5. The monoisotopic (exact) mass is 221 g/mol. The van der Waals surface area contributed by atoms with Crippen molar-refractivity contribution in [3.63, 3.8) is 0 Å². The smallest absolute Gasteiger partial charge is 0.122 e. The number of ether oxygens (including phenoxy) is 2. The molecule has 3 nitrogen and oxygen atoms in total. The van der Waals surface area contributed by atoms with Crippen molar-refractivity contribution in [2.24, 2.45) is 5.73 Å². The highest BCUT2D eigenvalue weighted by molar-refractivity contribution is 5.41. The highest BCUT2D eigenvalue weighted by Crippen LogP contribution is 2.41. The number of rotatable bonds is 5. The Bertz CT molecular complexity index is 348. The minimum Gasteiger partial charge on any atom is -0.496 e.